The van der Waals surface area contributed by atoms with Crippen LogP contribution in [0.3, 0.4) is 0 Å². The molecule has 0 bridgehead atoms. The minimum absolute atomic E-state index is 0.272. The topological polar surface area (TPSA) is 49.4 Å². The van der Waals surface area contributed by atoms with Crippen molar-refractivity contribution in [3.63, 3.8) is 0 Å². The summed E-state index contributed by atoms with van der Waals surface area (Å²) in [4.78, 5) is 15.1. The molecule has 0 aliphatic carbocycles. The Morgan fingerprint density at radius 3 is 2.55 bits per heavy atom. The summed E-state index contributed by atoms with van der Waals surface area (Å²) in [5.41, 5.74) is 0. The predicted molar refractivity (Wildman–Crippen MR) is 45.7 cm³/mol. The first-order chi connectivity index (χ1) is 5.11. The second kappa shape index (κ2) is 5.20. The molecule has 0 atom stereocenters. The molecule has 0 rings (SSSR count). The molecule has 0 aliphatic heterocycles. The van der Waals surface area contributed by atoms with Crippen molar-refractivity contribution in [2.24, 2.45) is 0 Å². The number of nitrogens with zero attached hydrogens (tertiary/aromatic N) is 1. The lowest BCUT2D eigenvalue weighted by atomic mass is 10.7. The molecular formula is C5H8NO3S2. The molecule has 1 radical (unpaired) electrons. The fraction of sp³-hybridized carbons (Fsp3) is 0.600. The molecule has 0 unspecified atom stereocenters. The van der Waals surface area contributed by atoms with E-state index in [0.29, 0.717) is 0 Å². The zero-order valence-corrected chi connectivity index (χ0v) is 7.83. The highest BCUT2D eigenvalue weighted by Crippen LogP contribution is 2.02. The van der Waals surface area contributed by atoms with Gasteiger partial charge in [0.05, 0.1) is 6.54 Å². The highest BCUT2D eigenvalue weighted by molar-refractivity contribution is 8.12. The lowest BCUT2D eigenvalue weighted by Gasteiger charge is -2.14. The summed E-state index contributed by atoms with van der Waals surface area (Å²) in [7, 11) is 0. The van der Waals surface area contributed by atoms with Gasteiger partial charge in [-0.1, -0.05) is 0 Å². The van der Waals surface area contributed by atoms with Gasteiger partial charge in [0.25, 0.3) is 0 Å². The fourth-order valence-electron chi connectivity index (χ4n) is 0.358. The van der Waals surface area contributed by atoms with Gasteiger partial charge in [0, 0.05) is 0 Å². The van der Waals surface area contributed by atoms with Crippen molar-refractivity contribution in [2.45, 2.75) is 6.92 Å². The van der Waals surface area contributed by atoms with Crippen molar-refractivity contribution >= 4 is 34.5 Å². The van der Waals surface area contributed by atoms with E-state index in [0.717, 1.165) is 16.8 Å². The maximum atomic E-state index is 10.6. The Balaban J connectivity index is 3.88. The molecule has 0 saturated heterocycles. The van der Waals surface area contributed by atoms with Gasteiger partial charge in [0.15, 0.2) is 0 Å². The van der Waals surface area contributed by atoms with Crippen LogP contribution in [0.15, 0.2) is 0 Å². The van der Waals surface area contributed by atoms with Crippen LogP contribution in [0.2, 0.25) is 0 Å². The third-order valence-electron chi connectivity index (χ3n) is 0.842. The van der Waals surface area contributed by atoms with Crippen LogP contribution in [-0.4, -0.2) is 28.3 Å². The maximum absolute atomic E-state index is 10.6. The number of rotatable bonds is 1. The fourth-order valence-corrected chi connectivity index (χ4v) is 0.689. The molecule has 0 N–H and O–H groups in total. The van der Waals surface area contributed by atoms with Crippen LogP contribution in [0.1, 0.15) is 6.92 Å². The summed E-state index contributed by atoms with van der Waals surface area (Å²) in [6.07, 6.45) is 1.56. The van der Waals surface area contributed by atoms with Gasteiger partial charge >= 0.3 is 10.5 Å². The second-order valence-electron chi connectivity index (χ2n) is 1.51. The van der Waals surface area contributed by atoms with E-state index < -0.39 is 10.5 Å². The van der Waals surface area contributed by atoms with Crippen LogP contribution >= 0.6 is 24.0 Å². The van der Waals surface area contributed by atoms with Crippen molar-refractivity contribution in [3.8, 4) is 0 Å². The monoisotopic (exact) mass is 194 g/mol. The van der Waals surface area contributed by atoms with Gasteiger partial charge in [-0.2, -0.15) is 5.06 Å². The Bertz CT molecular complexity index is 162. The summed E-state index contributed by atoms with van der Waals surface area (Å²) in [6.45, 7) is 1.94. The van der Waals surface area contributed by atoms with Crippen LogP contribution < -0.4 is 0 Å². The molecule has 0 aromatic carbocycles. The molecule has 11 heavy (non-hydrogen) atoms. The third kappa shape index (κ3) is 4.05. The Labute approximate surface area is 74.5 Å². The third-order valence-corrected chi connectivity index (χ3v) is 1.45. The molecule has 0 spiro atoms. The number of hydrogen-bond donors (Lipinski definition) is 0. The largest absolute Gasteiger partial charge is 0.391 e. The summed E-state index contributed by atoms with van der Waals surface area (Å²) in [5, 5.41) is 10.1. The molecular weight excluding hydrogens is 186 g/mol. The van der Waals surface area contributed by atoms with Crippen LogP contribution in [-0.2, 0) is 9.94 Å². The number of carbonyl (C=O) groups excluding carboxylic acids is 1. The average Bonchev–Trinajstić information content (AvgIpc) is 1.99. The van der Waals surface area contributed by atoms with E-state index in [2.05, 4.69) is 17.1 Å². The highest BCUT2D eigenvalue weighted by Gasteiger charge is 2.12. The first kappa shape index (κ1) is 10.5. The standard InChI is InChI=1S/C5H8NO3S2/c1-3-6(4(7)10)9-5(8)11-2/h3H2,1-2H3. The minimum Gasteiger partial charge on any atom is -0.326 e. The SMILES string of the molecule is CCN(OC(=O)SC)C([O])=S. The Morgan fingerprint density at radius 2 is 2.27 bits per heavy atom. The van der Waals surface area contributed by atoms with E-state index in [1.165, 1.54) is 0 Å². The Morgan fingerprint density at radius 1 is 1.73 bits per heavy atom. The van der Waals surface area contributed by atoms with Gasteiger partial charge in [0.2, 0.25) is 0 Å². The normalized spacial score (nSPS) is 8.91. The Kier molecular flexibility index (Phi) is 4.97. The van der Waals surface area contributed by atoms with Gasteiger partial charge in [0.1, 0.15) is 0 Å². The molecule has 63 valence electrons. The van der Waals surface area contributed by atoms with Crippen LogP contribution in [0.4, 0.5) is 4.79 Å². The van der Waals surface area contributed by atoms with Crippen molar-refractivity contribution in [2.75, 3.05) is 12.8 Å². The van der Waals surface area contributed by atoms with E-state index >= 15 is 0 Å². The zero-order valence-electron chi connectivity index (χ0n) is 6.20. The number of carbonyl (C=O) groups is 1. The molecule has 4 nitrogen and oxygen atoms in total. The number of thiocarbonyl (C=S) groups is 1. The van der Waals surface area contributed by atoms with Crippen molar-refractivity contribution in [1.82, 2.24) is 5.06 Å². The molecule has 0 amide bonds. The number of thioether (sulfide) groups is 1. The number of hydroxylamine groups is 2. The predicted octanol–water partition coefficient (Wildman–Crippen LogP) is 1.44. The van der Waals surface area contributed by atoms with Gasteiger partial charge in [-0.25, -0.2) is 4.79 Å². The summed E-state index contributed by atoms with van der Waals surface area (Å²) in [6, 6.07) is 0. The molecule has 0 heterocycles. The molecule has 0 aliphatic rings. The second-order valence-corrected chi connectivity index (χ2v) is 2.60. The van der Waals surface area contributed by atoms with E-state index in [1.807, 2.05) is 0 Å². The zero-order chi connectivity index (χ0) is 8.85. The molecule has 0 saturated carbocycles. The lowest BCUT2D eigenvalue weighted by molar-refractivity contribution is -0.0332. The van der Waals surface area contributed by atoms with Crippen molar-refractivity contribution in [3.05, 3.63) is 0 Å². The smallest absolute Gasteiger partial charge is 0.326 e. The molecule has 6 heteroatoms. The minimum atomic E-state index is -0.685. The maximum Gasteiger partial charge on any atom is 0.391 e. The van der Waals surface area contributed by atoms with Crippen molar-refractivity contribution in [1.29, 1.82) is 0 Å². The summed E-state index contributed by atoms with van der Waals surface area (Å²) in [5.74, 6) is 0. The molecule has 0 aromatic heterocycles. The van der Waals surface area contributed by atoms with Gasteiger partial charge in [-0.15, -0.1) is 0 Å². The van der Waals surface area contributed by atoms with Crippen LogP contribution in [0.25, 0.3) is 0 Å². The molecule has 0 aromatic rings. The quantitative estimate of drug-likeness (QED) is 0.467. The summed E-state index contributed by atoms with van der Waals surface area (Å²) < 4.78 is 0. The van der Waals surface area contributed by atoms with E-state index in [4.69, 9.17) is 0 Å². The van der Waals surface area contributed by atoms with Gasteiger partial charge < -0.3 is 4.84 Å². The van der Waals surface area contributed by atoms with E-state index in [9.17, 15) is 9.90 Å². The summed E-state index contributed by atoms with van der Waals surface area (Å²) >= 11 is 5.15. The first-order valence-electron chi connectivity index (χ1n) is 2.86. The lowest BCUT2D eigenvalue weighted by Crippen LogP contribution is -2.29. The van der Waals surface area contributed by atoms with Crippen molar-refractivity contribution < 1.29 is 14.7 Å². The Hall–Kier alpha value is -0.490. The van der Waals surface area contributed by atoms with Gasteiger partial charge in [-0.3, -0.25) is 5.11 Å². The van der Waals surface area contributed by atoms with E-state index in [1.54, 1.807) is 13.2 Å². The molecule has 0 fully saturated rings. The highest BCUT2D eigenvalue weighted by atomic mass is 32.2. The first-order valence-corrected chi connectivity index (χ1v) is 4.49. The van der Waals surface area contributed by atoms with Gasteiger partial charge in [-0.05, 0) is 37.2 Å². The van der Waals surface area contributed by atoms with Crippen LogP contribution in [0.5, 0.6) is 0 Å². The van der Waals surface area contributed by atoms with E-state index in [-0.39, 0.29) is 6.54 Å². The average molecular weight is 194 g/mol. The number of hydrogen-bond acceptors (Lipinski definition) is 4. The van der Waals surface area contributed by atoms with Crippen LogP contribution in [0, 0.1) is 0 Å².